The second kappa shape index (κ2) is 10.5. The molecule has 0 bridgehead atoms. The Balaban J connectivity index is 0.00000148. The van der Waals surface area contributed by atoms with Crippen molar-refractivity contribution in [3.8, 4) is 0 Å². The van der Waals surface area contributed by atoms with Crippen LogP contribution in [-0.2, 0) is 14.3 Å². The highest BCUT2D eigenvalue weighted by Gasteiger charge is 2.69. The Morgan fingerprint density at radius 1 is 0.917 bits per heavy atom. The first-order valence-electron chi connectivity index (χ1n) is 15.0. The van der Waals surface area contributed by atoms with Crippen LogP contribution in [0.25, 0.3) is 0 Å². The van der Waals surface area contributed by atoms with Gasteiger partial charge in [-0.15, -0.1) is 0 Å². The van der Waals surface area contributed by atoms with E-state index in [9.17, 15) is 9.59 Å². The zero-order valence-corrected chi connectivity index (χ0v) is 23.8. The fraction of sp³-hybridized carbons (Fsp3) is 0.933. The summed E-state index contributed by atoms with van der Waals surface area (Å²) in [5.41, 5.74) is 7.13. The lowest BCUT2D eigenvalue weighted by Crippen LogP contribution is -2.69. The Hall–Kier alpha value is -1.30. The molecule has 0 aromatic carbocycles. The maximum absolute atomic E-state index is 12.7. The van der Waals surface area contributed by atoms with Gasteiger partial charge in [-0.1, -0.05) is 34.6 Å². The summed E-state index contributed by atoms with van der Waals surface area (Å²) >= 11 is 0. The zero-order valence-electron chi connectivity index (χ0n) is 23.8. The van der Waals surface area contributed by atoms with Crippen molar-refractivity contribution in [2.24, 2.45) is 46.2 Å². The lowest BCUT2D eigenvalue weighted by Gasteiger charge is -2.66. The molecule has 0 aromatic heterocycles. The van der Waals surface area contributed by atoms with E-state index in [-0.39, 0.29) is 40.5 Å². The van der Waals surface area contributed by atoms with Crippen LogP contribution in [0, 0.1) is 40.4 Å². The third kappa shape index (κ3) is 4.18. The van der Waals surface area contributed by atoms with Crippen molar-refractivity contribution in [2.75, 3.05) is 20.2 Å². The van der Waals surface area contributed by atoms with Gasteiger partial charge < -0.3 is 20.1 Å². The number of piperidine rings is 1. The van der Waals surface area contributed by atoms with E-state index in [0.717, 1.165) is 77.3 Å². The van der Waals surface area contributed by atoms with Crippen LogP contribution in [-0.4, -0.2) is 48.8 Å². The van der Waals surface area contributed by atoms with Crippen molar-refractivity contribution in [1.29, 1.82) is 0 Å². The molecule has 4 aliphatic carbocycles. The number of likely N-dealkylation sites (tertiary alicyclic amines) is 1. The number of esters is 1. The molecular weight excluding hydrogens is 452 g/mol. The van der Waals surface area contributed by atoms with Crippen molar-refractivity contribution in [3.05, 3.63) is 0 Å². The fourth-order valence-corrected chi connectivity index (χ4v) is 9.60. The number of methoxy groups -OCH3 is 1. The molecule has 6 nitrogen and oxygen atoms in total. The molecule has 9 unspecified atom stereocenters. The Kier molecular flexibility index (Phi) is 8.05. The SMILES string of the molecule is CC.COC(=O)C1CCC2(N)C3CCC4CC(OC(=O)N5CCCCC5)CCC4(C)C3CC(C)C12C. The monoisotopic (exact) mass is 504 g/mol. The number of rotatable bonds is 2. The summed E-state index contributed by atoms with van der Waals surface area (Å²) < 4.78 is 11.3. The first kappa shape index (κ1) is 27.7. The molecule has 9 atom stereocenters. The molecule has 4 saturated carbocycles. The van der Waals surface area contributed by atoms with Crippen LogP contribution in [0.2, 0.25) is 0 Å². The number of ether oxygens (including phenoxy) is 2. The maximum Gasteiger partial charge on any atom is 0.410 e. The first-order chi connectivity index (χ1) is 17.1. The predicted molar refractivity (Wildman–Crippen MR) is 142 cm³/mol. The lowest BCUT2D eigenvalue weighted by molar-refractivity contribution is -0.171. The van der Waals surface area contributed by atoms with Crippen LogP contribution >= 0.6 is 0 Å². The molecule has 206 valence electrons. The maximum atomic E-state index is 12.7. The van der Waals surface area contributed by atoms with Gasteiger partial charge in [0.25, 0.3) is 0 Å². The van der Waals surface area contributed by atoms with Crippen molar-refractivity contribution < 1.29 is 19.1 Å². The number of hydrogen-bond donors (Lipinski definition) is 1. The molecule has 0 radical (unpaired) electrons. The zero-order chi connectivity index (χ0) is 26.3. The van der Waals surface area contributed by atoms with Crippen LogP contribution in [0.3, 0.4) is 0 Å². The minimum absolute atomic E-state index is 0.0531. The quantitative estimate of drug-likeness (QED) is 0.455. The summed E-state index contributed by atoms with van der Waals surface area (Å²) in [7, 11) is 1.52. The lowest BCUT2D eigenvalue weighted by atomic mass is 9.40. The minimum atomic E-state index is -0.306. The number of fused-ring (bicyclic) bond motifs is 5. The standard InChI is InChI=1S/C28H46N2O4.C2H6/c1-18-16-23-21(28(29)13-11-22(24(31)33-4)27(18,28)3)9-8-19-17-20(10-12-26(19,23)2)34-25(32)30-14-6-5-7-15-30;1-2/h18-23H,5-17,29H2,1-4H3;1-2H3. The summed E-state index contributed by atoms with van der Waals surface area (Å²) in [5, 5.41) is 0. The fourth-order valence-electron chi connectivity index (χ4n) is 9.60. The third-order valence-corrected chi connectivity index (χ3v) is 11.9. The Labute approximate surface area is 219 Å². The summed E-state index contributed by atoms with van der Waals surface area (Å²) in [6, 6.07) is 0. The summed E-state index contributed by atoms with van der Waals surface area (Å²) in [4.78, 5) is 27.4. The van der Waals surface area contributed by atoms with Crippen LogP contribution < -0.4 is 5.73 Å². The second-order valence-electron chi connectivity index (χ2n) is 12.9. The number of hydrogen-bond acceptors (Lipinski definition) is 5. The molecule has 0 spiro atoms. The van der Waals surface area contributed by atoms with E-state index in [1.807, 2.05) is 18.7 Å². The molecule has 0 aromatic rings. The van der Waals surface area contributed by atoms with Gasteiger partial charge in [0.1, 0.15) is 6.10 Å². The van der Waals surface area contributed by atoms with Gasteiger partial charge in [0.15, 0.2) is 0 Å². The molecular formula is C30H52N2O4. The highest BCUT2D eigenvalue weighted by Crippen LogP contribution is 2.69. The summed E-state index contributed by atoms with van der Waals surface area (Å²) in [5.74, 6) is 1.84. The number of carbonyl (C=O) groups excluding carboxylic acids is 2. The van der Waals surface area contributed by atoms with Crippen molar-refractivity contribution in [2.45, 2.75) is 117 Å². The van der Waals surface area contributed by atoms with Gasteiger partial charge in [-0.3, -0.25) is 4.79 Å². The average molecular weight is 505 g/mol. The predicted octanol–water partition coefficient (Wildman–Crippen LogP) is 6.16. The van der Waals surface area contributed by atoms with Crippen LogP contribution in [0.1, 0.15) is 105 Å². The van der Waals surface area contributed by atoms with E-state index in [2.05, 4.69) is 20.8 Å². The van der Waals surface area contributed by atoms with E-state index in [0.29, 0.717) is 23.7 Å². The van der Waals surface area contributed by atoms with E-state index in [1.54, 1.807) is 0 Å². The highest BCUT2D eigenvalue weighted by molar-refractivity contribution is 5.74. The molecule has 2 N–H and O–H groups in total. The minimum Gasteiger partial charge on any atom is -0.469 e. The second-order valence-corrected chi connectivity index (χ2v) is 12.9. The number of nitrogens with zero attached hydrogens (tertiary/aromatic N) is 1. The molecule has 5 rings (SSSR count). The number of carbonyl (C=O) groups is 2. The van der Waals surface area contributed by atoms with E-state index < -0.39 is 0 Å². The molecule has 1 amide bonds. The normalized spacial score (nSPS) is 45.8. The van der Waals surface area contributed by atoms with Gasteiger partial charge in [0, 0.05) is 24.0 Å². The van der Waals surface area contributed by atoms with Gasteiger partial charge >= 0.3 is 12.1 Å². The molecule has 1 aliphatic heterocycles. The molecule has 1 saturated heterocycles. The van der Waals surface area contributed by atoms with Crippen LogP contribution in [0.4, 0.5) is 4.79 Å². The number of amides is 1. The van der Waals surface area contributed by atoms with Crippen molar-refractivity contribution in [1.82, 2.24) is 4.90 Å². The van der Waals surface area contributed by atoms with Crippen molar-refractivity contribution >= 4 is 12.1 Å². The summed E-state index contributed by atoms with van der Waals surface area (Å²) in [6.07, 6.45) is 11.6. The van der Waals surface area contributed by atoms with Gasteiger partial charge in [0.2, 0.25) is 0 Å². The Bertz CT molecular complexity index is 813. The van der Waals surface area contributed by atoms with E-state index >= 15 is 0 Å². The molecule has 36 heavy (non-hydrogen) atoms. The highest BCUT2D eigenvalue weighted by atomic mass is 16.6. The Morgan fingerprint density at radius 2 is 1.61 bits per heavy atom. The molecule has 6 heteroatoms. The third-order valence-electron chi connectivity index (χ3n) is 11.9. The van der Waals surface area contributed by atoms with Crippen molar-refractivity contribution in [3.63, 3.8) is 0 Å². The van der Waals surface area contributed by atoms with Gasteiger partial charge in [-0.25, -0.2) is 4.79 Å². The van der Waals surface area contributed by atoms with Crippen LogP contribution in [0.5, 0.6) is 0 Å². The Morgan fingerprint density at radius 3 is 2.28 bits per heavy atom. The largest absolute Gasteiger partial charge is 0.469 e. The van der Waals surface area contributed by atoms with Gasteiger partial charge in [-0.05, 0) is 99.7 Å². The van der Waals surface area contributed by atoms with E-state index in [1.165, 1.54) is 13.5 Å². The first-order valence-corrected chi connectivity index (χ1v) is 15.0. The van der Waals surface area contributed by atoms with Gasteiger partial charge in [0.05, 0.1) is 13.0 Å². The average Bonchev–Trinajstić information content (AvgIpc) is 3.18. The molecule has 5 fully saturated rings. The van der Waals surface area contributed by atoms with Crippen LogP contribution in [0.15, 0.2) is 0 Å². The van der Waals surface area contributed by atoms with Gasteiger partial charge in [-0.2, -0.15) is 0 Å². The molecule has 5 aliphatic rings. The molecule has 1 heterocycles. The summed E-state index contributed by atoms with van der Waals surface area (Å²) in [6.45, 7) is 12.8. The van der Waals surface area contributed by atoms with E-state index in [4.69, 9.17) is 15.2 Å². The number of nitrogens with two attached hydrogens (primary N) is 1. The topological polar surface area (TPSA) is 81.9 Å². The smallest absolute Gasteiger partial charge is 0.410 e.